The number of anilines is 1. The molecule has 2 N–H and O–H groups in total. The number of carbonyl (C=O) groups is 1. The number of alkyl halides is 3. The van der Waals surface area contributed by atoms with Crippen molar-refractivity contribution in [2.45, 2.75) is 25.7 Å². The molecule has 0 saturated carbocycles. The van der Waals surface area contributed by atoms with Crippen molar-refractivity contribution in [2.24, 2.45) is 0 Å². The molecule has 3 aromatic rings. The number of hydrogen-bond donors (Lipinski definition) is 2. The second-order valence-corrected chi connectivity index (χ2v) is 10.7. The molecule has 0 radical (unpaired) electrons. The van der Waals surface area contributed by atoms with Crippen molar-refractivity contribution in [1.82, 2.24) is 10.3 Å². The molecular formula is C24H22Cl2F3N3O4S. The van der Waals surface area contributed by atoms with E-state index >= 15 is 0 Å². The van der Waals surface area contributed by atoms with Crippen LogP contribution in [-0.4, -0.2) is 36.8 Å². The molecule has 0 aliphatic rings. The molecule has 3 rings (SSSR count). The van der Waals surface area contributed by atoms with Crippen LogP contribution in [0.4, 0.5) is 18.9 Å². The van der Waals surface area contributed by atoms with E-state index in [1.807, 2.05) is 0 Å². The van der Waals surface area contributed by atoms with E-state index < -0.39 is 27.8 Å². The summed E-state index contributed by atoms with van der Waals surface area (Å²) in [7, 11) is -3.87. The van der Waals surface area contributed by atoms with Crippen LogP contribution >= 0.6 is 23.2 Å². The molecule has 37 heavy (non-hydrogen) atoms. The number of aromatic nitrogens is 1. The van der Waals surface area contributed by atoms with Crippen LogP contribution in [0, 0.1) is 0 Å². The second kappa shape index (κ2) is 12.1. The first kappa shape index (κ1) is 28.7. The van der Waals surface area contributed by atoms with Gasteiger partial charge in [-0.05, 0) is 53.9 Å². The number of nitrogens with zero attached hydrogens (tertiary/aromatic N) is 2. The number of aliphatic hydroxyl groups excluding tert-OH is 1. The first-order chi connectivity index (χ1) is 17.4. The van der Waals surface area contributed by atoms with E-state index in [-0.39, 0.29) is 53.2 Å². The summed E-state index contributed by atoms with van der Waals surface area (Å²) in [4.78, 5) is 15.9. The molecule has 198 valence electrons. The number of amides is 1. The predicted octanol–water partition coefficient (Wildman–Crippen LogP) is 5.06. The van der Waals surface area contributed by atoms with Crippen molar-refractivity contribution >= 4 is 44.8 Å². The molecule has 0 saturated heterocycles. The standard InChI is InChI=1S/C24H22Cl2F3N3O4S/c25-20-4-1-3-18(22(20)26)15-32(37(35,36)12-2-11-33)19-8-6-17(7-9-19)23(34)31-14-16-5-10-21(30-13-16)24(27,28)29/h1,3-10,13,33H,2,11-12,14-15H2,(H,31,34). The summed E-state index contributed by atoms with van der Waals surface area (Å²) in [6.07, 6.45) is -3.50. The Morgan fingerprint density at radius 2 is 1.76 bits per heavy atom. The van der Waals surface area contributed by atoms with Gasteiger partial charge >= 0.3 is 6.18 Å². The monoisotopic (exact) mass is 575 g/mol. The lowest BCUT2D eigenvalue weighted by molar-refractivity contribution is -0.141. The van der Waals surface area contributed by atoms with Crippen LogP contribution in [0.3, 0.4) is 0 Å². The highest BCUT2D eigenvalue weighted by molar-refractivity contribution is 7.92. The van der Waals surface area contributed by atoms with Crippen LogP contribution in [0.1, 0.15) is 33.6 Å². The molecule has 1 heterocycles. The maximum absolute atomic E-state index is 13.0. The summed E-state index contributed by atoms with van der Waals surface area (Å²) in [5.41, 5.74) is 0.275. The topological polar surface area (TPSA) is 99.6 Å². The van der Waals surface area contributed by atoms with Gasteiger partial charge in [-0.15, -0.1) is 0 Å². The summed E-state index contributed by atoms with van der Waals surface area (Å²) in [6.45, 7) is -0.487. The highest BCUT2D eigenvalue weighted by Gasteiger charge is 2.32. The van der Waals surface area contributed by atoms with Gasteiger partial charge in [0.2, 0.25) is 10.0 Å². The fraction of sp³-hybridized carbons (Fsp3) is 0.250. The molecule has 0 aliphatic carbocycles. The lowest BCUT2D eigenvalue weighted by Crippen LogP contribution is -2.33. The summed E-state index contributed by atoms with van der Waals surface area (Å²) >= 11 is 12.3. The molecule has 1 amide bonds. The highest BCUT2D eigenvalue weighted by Crippen LogP contribution is 2.30. The predicted molar refractivity (Wildman–Crippen MR) is 135 cm³/mol. The number of carbonyl (C=O) groups excluding carboxylic acids is 1. The lowest BCUT2D eigenvalue weighted by atomic mass is 10.1. The molecular weight excluding hydrogens is 554 g/mol. The third kappa shape index (κ3) is 7.57. The average molecular weight is 576 g/mol. The molecule has 0 unspecified atom stereocenters. The minimum atomic E-state index is -4.55. The Balaban J connectivity index is 1.77. The minimum Gasteiger partial charge on any atom is -0.396 e. The van der Waals surface area contributed by atoms with Gasteiger partial charge < -0.3 is 10.4 Å². The fourth-order valence-corrected chi connectivity index (χ4v) is 5.17. The van der Waals surface area contributed by atoms with Crippen LogP contribution in [0.2, 0.25) is 10.0 Å². The van der Waals surface area contributed by atoms with E-state index in [4.69, 9.17) is 28.3 Å². The van der Waals surface area contributed by atoms with Crippen molar-refractivity contribution in [3.05, 3.63) is 93.2 Å². The Hall–Kier alpha value is -2.86. The van der Waals surface area contributed by atoms with E-state index in [0.717, 1.165) is 16.6 Å². The molecule has 2 aromatic carbocycles. The smallest absolute Gasteiger partial charge is 0.396 e. The van der Waals surface area contributed by atoms with E-state index in [0.29, 0.717) is 11.1 Å². The van der Waals surface area contributed by atoms with Gasteiger partial charge in [0.25, 0.3) is 5.91 Å². The average Bonchev–Trinajstić information content (AvgIpc) is 2.86. The van der Waals surface area contributed by atoms with Gasteiger partial charge in [-0.1, -0.05) is 41.4 Å². The normalized spacial score (nSPS) is 11.8. The second-order valence-electron chi connectivity index (χ2n) is 7.89. The quantitative estimate of drug-likeness (QED) is 0.352. The highest BCUT2D eigenvalue weighted by atomic mass is 35.5. The third-order valence-electron chi connectivity index (χ3n) is 5.23. The van der Waals surface area contributed by atoms with Crippen LogP contribution in [0.5, 0.6) is 0 Å². The Kier molecular flexibility index (Phi) is 9.41. The summed E-state index contributed by atoms with van der Waals surface area (Å²) in [6, 6.07) is 12.6. The van der Waals surface area contributed by atoms with Gasteiger partial charge in [-0.3, -0.25) is 14.1 Å². The zero-order chi connectivity index (χ0) is 27.2. The maximum atomic E-state index is 13.0. The third-order valence-corrected chi connectivity index (χ3v) is 7.90. The largest absolute Gasteiger partial charge is 0.433 e. The van der Waals surface area contributed by atoms with Crippen LogP contribution in [0.25, 0.3) is 0 Å². The molecule has 0 fully saturated rings. The number of nitrogens with one attached hydrogen (secondary N) is 1. The number of sulfonamides is 1. The van der Waals surface area contributed by atoms with Crippen LogP contribution < -0.4 is 9.62 Å². The Bertz CT molecular complexity index is 1340. The van der Waals surface area contributed by atoms with Gasteiger partial charge in [-0.25, -0.2) is 8.42 Å². The van der Waals surface area contributed by atoms with Gasteiger partial charge in [0, 0.05) is 24.9 Å². The van der Waals surface area contributed by atoms with Gasteiger partial charge in [0.15, 0.2) is 0 Å². The Labute approximate surface area is 221 Å². The summed E-state index contributed by atoms with van der Waals surface area (Å²) in [5.74, 6) is -0.829. The molecule has 0 atom stereocenters. The Morgan fingerprint density at radius 1 is 1.05 bits per heavy atom. The maximum Gasteiger partial charge on any atom is 0.433 e. The first-order valence-electron chi connectivity index (χ1n) is 10.9. The zero-order valence-electron chi connectivity index (χ0n) is 19.2. The number of halogens is 5. The van der Waals surface area contributed by atoms with Crippen molar-refractivity contribution < 1.29 is 31.5 Å². The van der Waals surface area contributed by atoms with Crippen LogP contribution in [-0.2, 0) is 29.3 Å². The number of benzene rings is 2. The van der Waals surface area contributed by atoms with Crippen molar-refractivity contribution in [1.29, 1.82) is 0 Å². The molecule has 1 aromatic heterocycles. The van der Waals surface area contributed by atoms with Crippen molar-refractivity contribution in [3.8, 4) is 0 Å². The summed E-state index contributed by atoms with van der Waals surface area (Å²) < 4.78 is 65.1. The zero-order valence-corrected chi connectivity index (χ0v) is 21.5. The van der Waals surface area contributed by atoms with Gasteiger partial charge in [-0.2, -0.15) is 13.2 Å². The van der Waals surface area contributed by atoms with Gasteiger partial charge in [0.1, 0.15) is 5.69 Å². The number of hydrogen-bond acceptors (Lipinski definition) is 5. The lowest BCUT2D eigenvalue weighted by Gasteiger charge is -2.25. The van der Waals surface area contributed by atoms with Crippen molar-refractivity contribution in [2.75, 3.05) is 16.7 Å². The van der Waals surface area contributed by atoms with Crippen molar-refractivity contribution in [3.63, 3.8) is 0 Å². The Morgan fingerprint density at radius 3 is 2.35 bits per heavy atom. The van der Waals surface area contributed by atoms with E-state index in [1.165, 1.54) is 30.3 Å². The van der Waals surface area contributed by atoms with Crippen LogP contribution in [0.15, 0.2) is 60.8 Å². The molecule has 0 bridgehead atoms. The number of pyridine rings is 1. The van der Waals surface area contributed by atoms with E-state index in [1.54, 1.807) is 18.2 Å². The number of aliphatic hydroxyl groups is 1. The minimum absolute atomic E-state index is 0.0292. The molecule has 0 aliphatic heterocycles. The van der Waals surface area contributed by atoms with E-state index in [9.17, 15) is 26.4 Å². The van der Waals surface area contributed by atoms with Gasteiger partial charge in [0.05, 0.1) is 28.0 Å². The fourth-order valence-electron chi connectivity index (χ4n) is 3.29. The molecule has 7 nitrogen and oxygen atoms in total. The van der Waals surface area contributed by atoms with E-state index in [2.05, 4.69) is 10.3 Å². The first-order valence-corrected chi connectivity index (χ1v) is 13.2. The number of rotatable bonds is 10. The SMILES string of the molecule is O=C(NCc1ccc(C(F)(F)F)nc1)c1ccc(N(Cc2cccc(Cl)c2Cl)S(=O)(=O)CCCO)cc1. The molecule has 13 heteroatoms. The molecule has 0 spiro atoms. The summed E-state index contributed by atoms with van der Waals surface area (Å²) in [5, 5.41) is 12.2.